The number of carbonyl (C=O) groups is 6. The van der Waals surface area contributed by atoms with Crippen molar-refractivity contribution in [3.8, 4) is 39.9 Å². The summed E-state index contributed by atoms with van der Waals surface area (Å²) in [5, 5.41) is 4.71. The van der Waals surface area contributed by atoms with Crippen LogP contribution in [0.2, 0.25) is 0 Å². The monoisotopic (exact) mass is 696 g/mol. The highest BCUT2D eigenvalue weighted by atomic mass is 16.6. The van der Waals surface area contributed by atoms with Crippen LogP contribution in [0.3, 0.4) is 0 Å². The van der Waals surface area contributed by atoms with E-state index in [0.29, 0.717) is 29.4 Å². The summed E-state index contributed by atoms with van der Waals surface area (Å²) in [7, 11) is 1.30. The van der Waals surface area contributed by atoms with Crippen LogP contribution in [-0.4, -0.2) is 52.3 Å². The summed E-state index contributed by atoms with van der Waals surface area (Å²) in [6, 6.07) is 2.90. The molecule has 3 aromatic carbocycles. The highest BCUT2D eigenvalue weighted by Gasteiger charge is 2.44. The van der Waals surface area contributed by atoms with Gasteiger partial charge in [-0.3, -0.25) is 33.6 Å². The molecule has 0 radical (unpaired) electrons. The molecule has 4 aromatic rings. The van der Waals surface area contributed by atoms with Crippen LogP contribution in [0.1, 0.15) is 89.6 Å². The molecule has 0 amide bonds. The topological polar surface area (TPSA) is 183 Å². The van der Waals surface area contributed by atoms with Gasteiger partial charge in [-0.1, -0.05) is 6.92 Å². The number of aryl methyl sites for hydroxylation is 2. The van der Waals surface area contributed by atoms with Crippen LogP contribution >= 0.6 is 0 Å². The molecule has 0 atom stereocenters. The van der Waals surface area contributed by atoms with Gasteiger partial charge in [0.25, 0.3) is 5.56 Å². The summed E-state index contributed by atoms with van der Waals surface area (Å²) in [4.78, 5) is 92.9. The third-order valence-electron chi connectivity index (χ3n) is 8.62. The molecule has 0 bridgehead atoms. The fraction of sp³-hybridized carbons (Fsp3) is 0.297. The molecule has 0 fully saturated rings. The summed E-state index contributed by atoms with van der Waals surface area (Å²) < 4.78 is 29.5. The van der Waals surface area contributed by atoms with Crippen LogP contribution in [0.15, 0.2) is 23.1 Å². The second-order valence-corrected chi connectivity index (χ2v) is 12.1. The van der Waals surface area contributed by atoms with E-state index in [4.69, 9.17) is 23.7 Å². The van der Waals surface area contributed by atoms with Crippen LogP contribution in [0, 0.1) is 6.92 Å². The first-order chi connectivity index (χ1) is 24.2. The van der Waals surface area contributed by atoms with E-state index in [2.05, 4.69) is 5.10 Å². The standard InChI is InChI=1S/C37H32N2O12/c1-8-11-39-37(46)26-21(14-38-39)12-20-9-10-22-27(25(20)35(26)50-18(5)42)36(51-19(6)43)29-30(34(22)47-7)32(45)28-23(31(29)44)13-24(48-16(3)40)15(2)33(28)49-17(4)41/h12-14H,8-11H2,1-7H3. The number of aromatic nitrogens is 2. The maximum atomic E-state index is 14.7. The Hall–Kier alpha value is -6.18. The second-order valence-electron chi connectivity index (χ2n) is 12.1. The number of benzene rings is 3. The molecular weight excluding hydrogens is 664 g/mol. The van der Waals surface area contributed by atoms with E-state index < -0.39 is 41.0 Å². The molecule has 0 aliphatic heterocycles. The van der Waals surface area contributed by atoms with Gasteiger partial charge in [0.05, 0.1) is 35.4 Å². The normalized spacial score (nSPS) is 12.7. The number of methoxy groups -OCH3 is 1. The largest absolute Gasteiger partial charge is 0.496 e. The second kappa shape index (κ2) is 12.9. The number of esters is 4. The highest BCUT2D eigenvalue weighted by Crippen LogP contribution is 2.55. The molecule has 6 rings (SSSR count). The Morgan fingerprint density at radius 2 is 1.33 bits per heavy atom. The molecule has 0 spiro atoms. The first kappa shape index (κ1) is 34.7. The van der Waals surface area contributed by atoms with Gasteiger partial charge in [0.2, 0.25) is 5.78 Å². The Morgan fingerprint density at radius 3 is 1.94 bits per heavy atom. The number of hydrogen-bond acceptors (Lipinski definition) is 13. The lowest BCUT2D eigenvalue weighted by Gasteiger charge is -2.31. The Morgan fingerprint density at radius 1 is 0.725 bits per heavy atom. The van der Waals surface area contributed by atoms with E-state index in [1.165, 1.54) is 37.9 Å². The van der Waals surface area contributed by atoms with Crippen molar-refractivity contribution >= 4 is 46.2 Å². The molecule has 1 aromatic heterocycles. The first-order valence-electron chi connectivity index (χ1n) is 16.0. The number of carbonyl (C=O) groups excluding carboxylic acids is 6. The number of ketones is 2. The predicted molar refractivity (Wildman–Crippen MR) is 179 cm³/mol. The van der Waals surface area contributed by atoms with Crippen molar-refractivity contribution in [3.63, 3.8) is 0 Å². The quantitative estimate of drug-likeness (QED) is 0.173. The van der Waals surface area contributed by atoms with Crippen LogP contribution in [0.5, 0.6) is 28.7 Å². The van der Waals surface area contributed by atoms with E-state index in [1.54, 1.807) is 6.07 Å². The van der Waals surface area contributed by atoms with Crippen molar-refractivity contribution in [2.45, 2.75) is 67.3 Å². The lowest BCUT2D eigenvalue weighted by Crippen LogP contribution is -2.28. The average molecular weight is 697 g/mol. The van der Waals surface area contributed by atoms with Crippen LogP contribution in [0.4, 0.5) is 0 Å². The Kier molecular flexibility index (Phi) is 8.79. The summed E-state index contributed by atoms with van der Waals surface area (Å²) in [6.45, 7) is 8.14. The summed E-state index contributed by atoms with van der Waals surface area (Å²) >= 11 is 0. The molecule has 2 aliphatic rings. The van der Waals surface area contributed by atoms with E-state index in [0.717, 1.165) is 20.8 Å². The third kappa shape index (κ3) is 5.62. The lowest BCUT2D eigenvalue weighted by atomic mass is 9.75. The fourth-order valence-corrected chi connectivity index (χ4v) is 6.81. The highest BCUT2D eigenvalue weighted by molar-refractivity contribution is 6.32. The zero-order chi connectivity index (χ0) is 37.0. The van der Waals surface area contributed by atoms with Crippen LogP contribution < -0.4 is 29.2 Å². The zero-order valence-corrected chi connectivity index (χ0v) is 28.9. The number of rotatable bonds is 7. The molecule has 14 nitrogen and oxygen atoms in total. The summed E-state index contributed by atoms with van der Waals surface area (Å²) in [5.74, 6) is -5.74. The van der Waals surface area contributed by atoms with Gasteiger partial charge in [0.1, 0.15) is 17.2 Å². The van der Waals surface area contributed by atoms with Crippen LogP contribution in [-0.2, 0) is 38.6 Å². The molecule has 0 N–H and O–H groups in total. The summed E-state index contributed by atoms with van der Waals surface area (Å²) in [6.07, 6.45) is 2.58. The molecule has 2 aliphatic carbocycles. The van der Waals surface area contributed by atoms with Crippen molar-refractivity contribution in [1.82, 2.24) is 9.78 Å². The first-order valence-corrected chi connectivity index (χ1v) is 16.0. The molecule has 262 valence electrons. The van der Waals surface area contributed by atoms with Gasteiger partial charge in [0.15, 0.2) is 17.3 Å². The van der Waals surface area contributed by atoms with E-state index in [1.807, 2.05) is 6.92 Å². The van der Waals surface area contributed by atoms with E-state index in [-0.39, 0.29) is 86.0 Å². The van der Waals surface area contributed by atoms with Crippen molar-refractivity contribution in [2.75, 3.05) is 7.11 Å². The molecule has 14 heteroatoms. The Bertz CT molecular complexity index is 2350. The van der Waals surface area contributed by atoms with Gasteiger partial charge < -0.3 is 23.7 Å². The van der Waals surface area contributed by atoms with Crippen LogP contribution in [0.25, 0.3) is 21.9 Å². The van der Waals surface area contributed by atoms with Crippen molar-refractivity contribution in [3.05, 3.63) is 67.6 Å². The molecule has 0 saturated heterocycles. The number of ether oxygens (including phenoxy) is 5. The lowest BCUT2D eigenvalue weighted by molar-refractivity contribution is -0.133. The Balaban J connectivity index is 1.79. The molecule has 0 unspecified atom stereocenters. The predicted octanol–water partition coefficient (Wildman–Crippen LogP) is 4.37. The number of fused-ring (bicyclic) bond motifs is 6. The minimum Gasteiger partial charge on any atom is -0.496 e. The fourth-order valence-electron chi connectivity index (χ4n) is 6.81. The third-order valence-corrected chi connectivity index (χ3v) is 8.62. The Labute approximate surface area is 290 Å². The number of hydrogen-bond donors (Lipinski definition) is 0. The van der Waals surface area contributed by atoms with Crippen molar-refractivity contribution in [2.24, 2.45) is 0 Å². The maximum Gasteiger partial charge on any atom is 0.308 e. The summed E-state index contributed by atoms with van der Waals surface area (Å²) in [5.41, 5.74) is -0.426. The molecule has 1 heterocycles. The van der Waals surface area contributed by atoms with E-state index >= 15 is 0 Å². The van der Waals surface area contributed by atoms with Gasteiger partial charge in [-0.15, -0.1) is 0 Å². The van der Waals surface area contributed by atoms with Gasteiger partial charge in [-0.2, -0.15) is 5.10 Å². The van der Waals surface area contributed by atoms with Gasteiger partial charge in [-0.05, 0) is 43.9 Å². The molecular formula is C37H32N2O12. The zero-order valence-electron chi connectivity index (χ0n) is 28.9. The minimum atomic E-state index is -0.852. The number of nitrogens with zero attached hydrogens (tertiary/aromatic N) is 2. The smallest absolute Gasteiger partial charge is 0.308 e. The van der Waals surface area contributed by atoms with Crippen molar-refractivity contribution in [1.29, 1.82) is 0 Å². The SMILES string of the molecule is CCCn1ncc2cc3c(c(OC(C)=O)c2c1=O)-c1c(c(OC)c2c(c1OC(C)=O)C(=O)c1cc(OC(C)=O)c(C)c(OC(C)=O)c1C2=O)CC3. The van der Waals surface area contributed by atoms with Gasteiger partial charge >= 0.3 is 23.9 Å². The minimum absolute atomic E-state index is 0.0333. The van der Waals surface area contributed by atoms with Gasteiger partial charge in [-0.25, -0.2) is 4.68 Å². The van der Waals surface area contributed by atoms with E-state index in [9.17, 15) is 33.6 Å². The molecule has 51 heavy (non-hydrogen) atoms. The average Bonchev–Trinajstić information content (AvgIpc) is 3.05. The van der Waals surface area contributed by atoms with Gasteiger partial charge in [0, 0.05) is 67.4 Å². The molecule has 0 saturated carbocycles. The maximum absolute atomic E-state index is 14.7. The van der Waals surface area contributed by atoms with Crippen molar-refractivity contribution < 1.29 is 52.5 Å².